The van der Waals surface area contributed by atoms with Crippen molar-refractivity contribution in [2.75, 3.05) is 27.2 Å². The maximum absolute atomic E-state index is 13.3. The largest absolute Gasteiger partial charge is 0.352 e. The molecule has 1 N–H and O–H groups in total. The Kier molecular flexibility index (Phi) is 7.27. The van der Waals surface area contributed by atoms with Gasteiger partial charge in [0.2, 0.25) is 26.0 Å². The van der Waals surface area contributed by atoms with Gasteiger partial charge in [0.1, 0.15) is 0 Å². The lowest BCUT2D eigenvalue weighted by atomic mass is 9.99. The van der Waals surface area contributed by atoms with E-state index in [2.05, 4.69) is 5.32 Å². The van der Waals surface area contributed by atoms with Gasteiger partial charge < -0.3 is 5.32 Å². The summed E-state index contributed by atoms with van der Waals surface area (Å²) in [5.74, 6) is -0.666. The minimum Gasteiger partial charge on any atom is -0.352 e. The number of hydrogen-bond donors (Lipinski definition) is 1. The number of carbonyl (C=O) groups excluding carboxylic acids is 1. The second-order valence-corrected chi connectivity index (χ2v) is 13.0. The molecular formula is C25H29N3O5S2. The molecule has 0 bridgehead atoms. The van der Waals surface area contributed by atoms with Crippen molar-refractivity contribution < 1.29 is 21.6 Å². The summed E-state index contributed by atoms with van der Waals surface area (Å²) in [6, 6.07) is 19.0. The highest BCUT2D eigenvalue weighted by molar-refractivity contribution is 7.89. The summed E-state index contributed by atoms with van der Waals surface area (Å²) in [6.45, 7) is 0.733. The van der Waals surface area contributed by atoms with Crippen molar-refractivity contribution in [3.63, 3.8) is 0 Å². The van der Waals surface area contributed by atoms with Crippen LogP contribution in [-0.2, 0) is 31.4 Å². The molecule has 35 heavy (non-hydrogen) atoms. The predicted molar refractivity (Wildman–Crippen MR) is 135 cm³/mol. The van der Waals surface area contributed by atoms with E-state index in [-0.39, 0.29) is 28.8 Å². The Balaban J connectivity index is 1.40. The Labute approximate surface area is 206 Å². The van der Waals surface area contributed by atoms with Crippen molar-refractivity contribution in [1.29, 1.82) is 0 Å². The smallest absolute Gasteiger partial charge is 0.243 e. The molecule has 1 saturated heterocycles. The van der Waals surface area contributed by atoms with E-state index in [0.29, 0.717) is 19.4 Å². The maximum atomic E-state index is 13.3. The Morgan fingerprint density at radius 2 is 1.60 bits per heavy atom. The van der Waals surface area contributed by atoms with Crippen molar-refractivity contribution >= 4 is 36.7 Å². The van der Waals surface area contributed by atoms with Crippen LogP contribution in [0.5, 0.6) is 0 Å². The molecule has 1 unspecified atom stereocenters. The van der Waals surface area contributed by atoms with Crippen LogP contribution in [-0.4, -0.2) is 58.5 Å². The van der Waals surface area contributed by atoms with Gasteiger partial charge in [-0.25, -0.2) is 21.1 Å². The molecule has 10 heteroatoms. The van der Waals surface area contributed by atoms with Crippen LogP contribution in [0.4, 0.5) is 0 Å². The summed E-state index contributed by atoms with van der Waals surface area (Å²) in [6.07, 6.45) is 1.21. The third-order valence-electron chi connectivity index (χ3n) is 6.28. The molecule has 4 rings (SSSR count). The van der Waals surface area contributed by atoms with Gasteiger partial charge >= 0.3 is 0 Å². The van der Waals surface area contributed by atoms with Crippen LogP contribution in [0, 0.1) is 5.92 Å². The van der Waals surface area contributed by atoms with E-state index in [1.54, 1.807) is 30.3 Å². The first-order valence-electron chi connectivity index (χ1n) is 11.4. The lowest BCUT2D eigenvalue weighted by Gasteiger charge is -2.31. The molecule has 3 aromatic rings. The summed E-state index contributed by atoms with van der Waals surface area (Å²) < 4.78 is 53.5. The molecule has 1 aliphatic heterocycles. The van der Waals surface area contributed by atoms with E-state index in [4.69, 9.17) is 0 Å². The Morgan fingerprint density at radius 3 is 2.29 bits per heavy atom. The van der Waals surface area contributed by atoms with Gasteiger partial charge in [-0.15, -0.1) is 0 Å². The zero-order valence-corrected chi connectivity index (χ0v) is 21.3. The van der Waals surface area contributed by atoms with E-state index < -0.39 is 26.0 Å². The standard InChI is InChI=1S/C25H29N3O5S2/c1-27(2)34(30,31)23-12-9-19(10-13-23)17-26-25(29)22-8-5-15-28(18-22)35(32,33)24-14-11-20-6-3-4-7-21(20)16-24/h3-4,6-7,9-14,16,22H,5,8,15,17-18H2,1-2H3,(H,26,29). The Morgan fingerprint density at radius 1 is 0.943 bits per heavy atom. The van der Waals surface area contributed by atoms with Crippen LogP contribution in [0.3, 0.4) is 0 Å². The summed E-state index contributed by atoms with van der Waals surface area (Å²) in [7, 11) is -4.30. The topological polar surface area (TPSA) is 104 Å². The number of sulfonamides is 2. The van der Waals surface area contributed by atoms with E-state index in [1.165, 1.54) is 30.5 Å². The van der Waals surface area contributed by atoms with Crippen LogP contribution in [0.2, 0.25) is 0 Å². The molecule has 0 radical (unpaired) electrons. The second-order valence-electron chi connectivity index (χ2n) is 8.86. The van der Waals surface area contributed by atoms with Gasteiger partial charge in [-0.3, -0.25) is 4.79 Å². The van der Waals surface area contributed by atoms with Crippen molar-refractivity contribution in [2.45, 2.75) is 29.2 Å². The van der Waals surface area contributed by atoms with Gasteiger partial charge in [-0.2, -0.15) is 4.31 Å². The van der Waals surface area contributed by atoms with Crippen LogP contribution >= 0.6 is 0 Å². The summed E-state index contributed by atoms with van der Waals surface area (Å²) in [5, 5.41) is 4.68. The normalized spacial score (nSPS) is 17.5. The minimum absolute atomic E-state index is 0.126. The average molecular weight is 516 g/mol. The Bertz CT molecular complexity index is 1440. The number of piperidine rings is 1. The molecule has 186 valence electrons. The monoisotopic (exact) mass is 515 g/mol. The molecule has 8 nitrogen and oxygen atoms in total. The quantitative estimate of drug-likeness (QED) is 0.521. The first-order chi connectivity index (χ1) is 16.6. The van der Waals surface area contributed by atoms with Crippen molar-refractivity contribution in [3.8, 4) is 0 Å². The molecule has 1 fully saturated rings. The predicted octanol–water partition coefficient (Wildman–Crippen LogP) is 2.81. The number of nitrogens with one attached hydrogen (secondary N) is 1. The summed E-state index contributed by atoms with van der Waals surface area (Å²) in [4.78, 5) is 13.2. The summed E-state index contributed by atoms with van der Waals surface area (Å²) >= 11 is 0. The molecule has 1 amide bonds. The van der Waals surface area contributed by atoms with Gasteiger partial charge in [-0.1, -0.05) is 42.5 Å². The van der Waals surface area contributed by atoms with Crippen LogP contribution in [0.25, 0.3) is 10.8 Å². The molecular weight excluding hydrogens is 486 g/mol. The maximum Gasteiger partial charge on any atom is 0.243 e. The SMILES string of the molecule is CN(C)S(=O)(=O)c1ccc(CNC(=O)C2CCCN(S(=O)(=O)c3ccc4ccccc4c3)C2)cc1. The van der Waals surface area contributed by atoms with Crippen molar-refractivity contribution in [2.24, 2.45) is 5.92 Å². The van der Waals surface area contributed by atoms with E-state index in [9.17, 15) is 21.6 Å². The molecule has 0 spiro atoms. The number of rotatable bonds is 7. The highest BCUT2D eigenvalue weighted by atomic mass is 32.2. The van der Waals surface area contributed by atoms with Crippen molar-refractivity contribution in [1.82, 2.24) is 13.9 Å². The van der Waals surface area contributed by atoms with Crippen LogP contribution in [0.1, 0.15) is 18.4 Å². The van der Waals surface area contributed by atoms with Crippen LogP contribution < -0.4 is 5.32 Å². The summed E-state index contributed by atoms with van der Waals surface area (Å²) in [5.41, 5.74) is 0.757. The molecule has 3 aromatic carbocycles. The van der Waals surface area contributed by atoms with Crippen molar-refractivity contribution in [3.05, 3.63) is 72.3 Å². The second kappa shape index (κ2) is 10.1. The fourth-order valence-electron chi connectivity index (χ4n) is 4.18. The van der Waals surface area contributed by atoms with E-state index >= 15 is 0 Å². The first kappa shape index (κ1) is 25.3. The lowest BCUT2D eigenvalue weighted by Crippen LogP contribution is -2.45. The number of hydrogen-bond acceptors (Lipinski definition) is 5. The van der Waals surface area contributed by atoms with Gasteiger partial charge in [-0.05, 0) is 53.4 Å². The van der Waals surface area contributed by atoms with Gasteiger partial charge in [0.05, 0.1) is 15.7 Å². The fraction of sp³-hybridized carbons (Fsp3) is 0.320. The molecule has 0 aliphatic carbocycles. The molecule has 1 aliphatic rings. The Hall–Kier alpha value is -2.79. The number of nitrogens with zero attached hydrogens (tertiary/aromatic N) is 2. The first-order valence-corrected chi connectivity index (χ1v) is 14.3. The molecule has 0 aromatic heterocycles. The average Bonchev–Trinajstić information content (AvgIpc) is 2.87. The third-order valence-corrected chi connectivity index (χ3v) is 9.97. The van der Waals surface area contributed by atoms with E-state index in [1.807, 2.05) is 24.3 Å². The third kappa shape index (κ3) is 5.40. The number of benzene rings is 3. The zero-order valence-electron chi connectivity index (χ0n) is 19.7. The van der Waals surface area contributed by atoms with Gasteiger partial charge in [0.15, 0.2) is 0 Å². The number of carbonyl (C=O) groups is 1. The van der Waals surface area contributed by atoms with Gasteiger partial charge in [0.25, 0.3) is 0 Å². The number of fused-ring (bicyclic) bond motifs is 1. The highest BCUT2D eigenvalue weighted by Crippen LogP contribution is 2.26. The molecule has 1 heterocycles. The van der Waals surface area contributed by atoms with E-state index in [0.717, 1.165) is 20.6 Å². The minimum atomic E-state index is -3.72. The highest BCUT2D eigenvalue weighted by Gasteiger charge is 2.33. The van der Waals surface area contributed by atoms with Gasteiger partial charge in [0, 0.05) is 33.7 Å². The van der Waals surface area contributed by atoms with Crippen LogP contribution in [0.15, 0.2) is 76.5 Å². The number of amides is 1. The zero-order chi connectivity index (χ0) is 25.2. The molecule has 0 saturated carbocycles. The fourth-order valence-corrected chi connectivity index (χ4v) is 6.64. The molecule has 1 atom stereocenters. The lowest BCUT2D eigenvalue weighted by molar-refractivity contribution is -0.126.